The Morgan fingerprint density at radius 1 is 1.20 bits per heavy atom. The van der Waals surface area contributed by atoms with Gasteiger partial charge in [-0.15, -0.1) is 0 Å². The number of hydrogen-bond donors (Lipinski definition) is 2. The Kier molecular flexibility index (Phi) is 3.97. The van der Waals surface area contributed by atoms with Gasteiger partial charge in [0.2, 0.25) is 10.0 Å². The van der Waals surface area contributed by atoms with E-state index in [9.17, 15) is 12.8 Å². The van der Waals surface area contributed by atoms with Gasteiger partial charge in [0.15, 0.2) is 0 Å². The molecule has 3 unspecified atom stereocenters. The Morgan fingerprint density at radius 3 is 2.72 bits per heavy atom. The lowest BCUT2D eigenvalue weighted by molar-refractivity contribution is 0.423. The molecule has 4 nitrogen and oxygen atoms in total. The lowest BCUT2D eigenvalue weighted by Gasteiger charge is -2.37. The molecule has 2 aromatic carbocycles. The first-order chi connectivity index (χ1) is 11.8. The number of nitrogens with two attached hydrogens (primary N) is 1. The van der Waals surface area contributed by atoms with Crippen LogP contribution in [0.15, 0.2) is 57.9 Å². The van der Waals surface area contributed by atoms with Crippen molar-refractivity contribution in [3.05, 3.63) is 70.0 Å². The van der Waals surface area contributed by atoms with Crippen LogP contribution in [0.3, 0.4) is 0 Å². The summed E-state index contributed by atoms with van der Waals surface area (Å²) in [5.41, 5.74) is 2.65. The maximum Gasteiger partial charge on any atom is 0.238 e. The van der Waals surface area contributed by atoms with Crippen LogP contribution in [-0.4, -0.2) is 8.42 Å². The van der Waals surface area contributed by atoms with Gasteiger partial charge in [0.25, 0.3) is 0 Å². The fraction of sp³-hybridized carbons (Fsp3) is 0.222. The number of hydrogen-bond acceptors (Lipinski definition) is 3. The molecule has 0 saturated heterocycles. The van der Waals surface area contributed by atoms with Gasteiger partial charge in [0.05, 0.1) is 15.4 Å². The summed E-state index contributed by atoms with van der Waals surface area (Å²) in [6, 6.07) is 9.99. The van der Waals surface area contributed by atoms with Crippen LogP contribution in [0.5, 0.6) is 0 Å². The highest BCUT2D eigenvalue weighted by Crippen LogP contribution is 2.50. The first-order valence-electron chi connectivity index (χ1n) is 7.89. The van der Waals surface area contributed by atoms with Crippen molar-refractivity contribution >= 4 is 31.6 Å². The molecule has 1 aliphatic heterocycles. The third-order valence-electron chi connectivity index (χ3n) is 4.97. The molecule has 0 fully saturated rings. The number of allylic oxidation sites excluding steroid dienone is 2. The first kappa shape index (κ1) is 16.8. The highest BCUT2D eigenvalue weighted by Gasteiger charge is 2.38. The molecule has 0 saturated carbocycles. The van der Waals surface area contributed by atoms with Crippen molar-refractivity contribution in [2.24, 2.45) is 11.1 Å². The van der Waals surface area contributed by atoms with E-state index in [1.165, 1.54) is 6.07 Å². The summed E-state index contributed by atoms with van der Waals surface area (Å²) in [6.45, 7) is 0. The SMILES string of the molecule is NS(=O)(=O)c1ccc2c(c1)C1C=CCC1C(c1ccc(Br)c(F)c1)N2. The summed E-state index contributed by atoms with van der Waals surface area (Å²) >= 11 is 3.19. The average Bonchev–Trinajstić information content (AvgIpc) is 3.05. The molecule has 0 aromatic heterocycles. The summed E-state index contributed by atoms with van der Waals surface area (Å²) in [4.78, 5) is 0.111. The van der Waals surface area contributed by atoms with Crippen molar-refractivity contribution in [2.75, 3.05) is 5.32 Å². The Labute approximate surface area is 154 Å². The maximum atomic E-state index is 14.0. The van der Waals surface area contributed by atoms with Gasteiger partial charge in [-0.3, -0.25) is 0 Å². The minimum atomic E-state index is -3.75. The van der Waals surface area contributed by atoms with Crippen LogP contribution in [0.2, 0.25) is 0 Å². The summed E-state index contributed by atoms with van der Waals surface area (Å²) < 4.78 is 37.7. The van der Waals surface area contributed by atoms with Crippen LogP contribution in [0.4, 0.5) is 10.1 Å². The lowest BCUT2D eigenvalue weighted by atomic mass is 9.77. The molecule has 3 atom stereocenters. The third-order valence-corrected chi connectivity index (χ3v) is 6.52. The fourth-order valence-electron chi connectivity index (χ4n) is 3.79. The van der Waals surface area contributed by atoms with E-state index in [-0.39, 0.29) is 28.6 Å². The normalized spacial score (nSPS) is 24.5. The van der Waals surface area contributed by atoms with Crippen LogP contribution in [-0.2, 0) is 10.0 Å². The molecule has 1 aliphatic carbocycles. The number of anilines is 1. The minimum absolute atomic E-state index is 0.0459. The summed E-state index contributed by atoms with van der Waals surface area (Å²) in [6.07, 6.45) is 5.04. The van der Waals surface area contributed by atoms with Gasteiger partial charge in [-0.2, -0.15) is 0 Å². The second-order valence-electron chi connectivity index (χ2n) is 6.44. The number of rotatable bonds is 2. The van der Waals surface area contributed by atoms with Gasteiger partial charge < -0.3 is 5.32 Å². The molecule has 4 rings (SSSR count). The molecule has 7 heteroatoms. The summed E-state index contributed by atoms with van der Waals surface area (Å²) in [7, 11) is -3.75. The van der Waals surface area contributed by atoms with Gasteiger partial charge >= 0.3 is 0 Å². The molecule has 2 aliphatic rings. The Bertz CT molecular complexity index is 991. The molecular formula is C18H16BrFN2O2S. The number of benzene rings is 2. The first-order valence-corrected chi connectivity index (χ1v) is 10.2. The summed E-state index contributed by atoms with van der Waals surface area (Å²) in [5.74, 6) is -0.0179. The fourth-order valence-corrected chi connectivity index (χ4v) is 4.58. The molecule has 0 spiro atoms. The smallest absolute Gasteiger partial charge is 0.238 e. The Balaban J connectivity index is 1.79. The van der Waals surface area contributed by atoms with E-state index in [2.05, 4.69) is 33.4 Å². The zero-order chi connectivity index (χ0) is 17.8. The van der Waals surface area contributed by atoms with Crippen LogP contribution in [0.25, 0.3) is 0 Å². The molecule has 3 N–H and O–H groups in total. The van der Waals surface area contributed by atoms with E-state index >= 15 is 0 Å². The van der Waals surface area contributed by atoms with Crippen LogP contribution >= 0.6 is 15.9 Å². The topological polar surface area (TPSA) is 72.2 Å². The van der Waals surface area contributed by atoms with Gasteiger partial charge in [-0.25, -0.2) is 17.9 Å². The van der Waals surface area contributed by atoms with E-state index in [0.717, 1.165) is 23.2 Å². The zero-order valence-corrected chi connectivity index (χ0v) is 15.5. The van der Waals surface area contributed by atoms with Crippen molar-refractivity contribution in [1.29, 1.82) is 0 Å². The van der Waals surface area contributed by atoms with E-state index < -0.39 is 10.0 Å². The second-order valence-corrected chi connectivity index (χ2v) is 8.86. The molecule has 25 heavy (non-hydrogen) atoms. The maximum absolute atomic E-state index is 14.0. The van der Waals surface area contributed by atoms with Crippen LogP contribution in [0, 0.1) is 11.7 Å². The molecule has 2 aromatic rings. The third kappa shape index (κ3) is 2.90. The van der Waals surface area contributed by atoms with Crippen molar-refractivity contribution < 1.29 is 12.8 Å². The van der Waals surface area contributed by atoms with E-state index in [1.54, 1.807) is 24.3 Å². The van der Waals surface area contributed by atoms with E-state index in [4.69, 9.17) is 5.14 Å². The lowest BCUT2D eigenvalue weighted by Crippen LogP contribution is -2.29. The van der Waals surface area contributed by atoms with Gasteiger partial charge in [0.1, 0.15) is 5.82 Å². The quantitative estimate of drug-likeness (QED) is 0.716. The molecule has 0 amide bonds. The average molecular weight is 423 g/mol. The zero-order valence-electron chi connectivity index (χ0n) is 13.1. The number of halogens is 2. The largest absolute Gasteiger partial charge is 0.378 e. The second kappa shape index (κ2) is 5.93. The number of nitrogens with one attached hydrogen (secondary N) is 1. The van der Waals surface area contributed by atoms with Gasteiger partial charge in [-0.05, 0) is 69.7 Å². The predicted molar refractivity (Wildman–Crippen MR) is 98.3 cm³/mol. The molecule has 130 valence electrons. The molecular weight excluding hydrogens is 407 g/mol. The standard InChI is InChI=1S/C18H16BrFN2O2S/c19-15-6-4-10(8-16(15)20)18-13-3-1-2-12(13)14-9-11(25(21,23)24)5-7-17(14)22-18/h1-2,4-9,12-13,18,22H,3H2,(H2,21,23,24). The Morgan fingerprint density at radius 2 is 2.00 bits per heavy atom. The van der Waals surface area contributed by atoms with Crippen molar-refractivity contribution in [1.82, 2.24) is 0 Å². The number of sulfonamides is 1. The van der Waals surface area contributed by atoms with Gasteiger partial charge in [0, 0.05) is 11.6 Å². The molecule has 1 heterocycles. The van der Waals surface area contributed by atoms with E-state index in [1.807, 2.05) is 6.07 Å². The number of primary sulfonamides is 1. The summed E-state index contributed by atoms with van der Waals surface area (Å²) in [5, 5.41) is 8.72. The minimum Gasteiger partial charge on any atom is -0.378 e. The Hall–Kier alpha value is -1.70. The van der Waals surface area contributed by atoms with Crippen molar-refractivity contribution in [2.45, 2.75) is 23.3 Å². The molecule has 0 bridgehead atoms. The van der Waals surface area contributed by atoms with Crippen LogP contribution < -0.4 is 10.5 Å². The highest BCUT2D eigenvalue weighted by atomic mass is 79.9. The van der Waals surface area contributed by atoms with Crippen LogP contribution in [0.1, 0.15) is 29.5 Å². The van der Waals surface area contributed by atoms with E-state index in [0.29, 0.717) is 4.47 Å². The highest BCUT2D eigenvalue weighted by molar-refractivity contribution is 9.10. The number of fused-ring (bicyclic) bond motifs is 3. The van der Waals surface area contributed by atoms with Crippen molar-refractivity contribution in [3.63, 3.8) is 0 Å². The molecule has 0 radical (unpaired) electrons. The monoisotopic (exact) mass is 422 g/mol. The van der Waals surface area contributed by atoms with Crippen molar-refractivity contribution in [3.8, 4) is 0 Å². The van der Waals surface area contributed by atoms with Gasteiger partial charge in [-0.1, -0.05) is 18.2 Å². The predicted octanol–water partition coefficient (Wildman–Crippen LogP) is 4.06.